The lowest BCUT2D eigenvalue weighted by molar-refractivity contribution is 0.337. The minimum Gasteiger partial charge on any atom is -0.352 e. The second-order valence-corrected chi connectivity index (χ2v) is 7.25. The predicted octanol–water partition coefficient (Wildman–Crippen LogP) is 2.50. The summed E-state index contributed by atoms with van der Waals surface area (Å²) in [5, 5.41) is 3.58. The van der Waals surface area contributed by atoms with E-state index in [1.165, 1.54) is 18.5 Å². The van der Waals surface area contributed by atoms with Crippen molar-refractivity contribution in [1.29, 1.82) is 0 Å². The Morgan fingerprint density at radius 3 is 2.81 bits per heavy atom. The molecule has 4 nitrogen and oxygen atoms in total. The third kappa shape index (κ3) is 4.68. The summed E-state index contributed by atoms with van der Waals surface area (Å²) in [6.07, 6.45) is 3.11. The zero-order chi connectivity index (χ0) is 15.5. The van der Waals surface area contributed by atoms with Crippen molar-refractivity contribution in [2.75, 3.05) is 31.6 Å². The molecule has 0 bridgehead atoms. The van der Waals surface area contributed by atoms with E-state index in [0.29, 0.717) is 6.04 Å². The normalized spacial score (nSPS) is 21.4. The van der Waals surface area contributed by atoms with Crippen LogP contribution in [0.2, 0.25) is 0 Å². The van der Waals surface area contributed by atoms with Crippen molar-refractivity contribution in [3.8, 4) is 0 Å². The van der Waals surface area contributed by atoms with Crippen LogP contribution in [0.25, 0.3) is 0 Å². The number of likely N-dealkylation sites (N-methyl/N-ethyl adjacent to an activating group) is 1. The lowest BCUT2D eigenvalue weighted by Gasteiger charge is -2.31. The number of rotatable bonds is 3. The first-order valence-corrected chi connectivity index (χ1v) is 8.01. The molecule has 0 radical (unpaired) electrons. The van der Waals surface area contributed by atoms with E-state index in [0.717, 1.165) is 25.5 Å². The molecule has 0 saturated carbocycles. The number of hydrogen-bond donors (Lipinski definition) is 1. The summed E-state index contributed by atoms with van der Waals surface area (Å²) in [6.45, 7) is 13.1. The minimum atomic E-state index is 0.123. The van der Waals surface area contributed by atoms with Crippen molar-refractivity contribution in [3.63, 3.8) is 0 Å². The van der Waals surface area contributed by atoms with Gasteiger partial charge in [0, 0.05) is 43.0 Å². The van der Waals surface area contributed by atoms with Gasteiger partial charge >= 0.3 is 0 Å². The van der Waals surface area contributed by atoms with Gasteiger partial charge in [0.25, 0.3) is 0 Å². The Morgan fingerprint density at radius 2 is 2.10 bits per heavy atom. The van der Waals surface area contributed by atoms with Crippen molar-refractivity contribution in [1.82, 2.24) is 15.2 Å². The minimum absolute atomic E-state index is 0.123. The van der Waals surface area contributed by atoms with Gasteiger partial charge in [0.1, 0.15) is 5.82 Å². The molecular weight excluding hydrogens is 260 g/mol. The van der Waals surface area contributed by atoms with Crippen LogP contribution in [0.3, 0.4) is 0 Å². The van der Waals surface area contributed by atoms with Gasteiger partial charge in [-0.05, 0) is 53.8 Å². The molecule has 1 unspecified atom stereocenters. The van der Waals surface area contributed by atoms with Gasteiger partial charge in [-0.1, -0.05) is 6.07 Å². The molecule has 1 atom stereocenters. The van der Waals surface area contributed by atoms with Gasteiger partial charge in [0.15, 0.2) is 0 Å². The summed E-state index contributed by atoms with van der Waals surface area (Å²) in [6, 6.07) is 4.74. The van der Waals surface area contributed by atoms with Gasteiger partial charge in [-0.2, -0.15) is 0 Å². The molecule has 0 aliphatic carbocycles. The number of pyridine rings is 1. The van der Waals surface area contributed by atoms with Crippen LogP contribution >= 0.6 is 0 Å². The molecule has 1 aromatic heterocycles. The monoisotopic (exact) mass is 290 g/mol. The van der Waals surface area contributed by atoms with Crippen LogP contribution in [0.15, 0.2) is 18.3 Å². The second kappa shape index (κ2) is 6.75. The van der Waals surface area contributed by atoms with Gasteiger partial charge in [0.05, 0.1) is 0 Å². The summed E-state index contributed by atoms with van der Waals surface area (Å²) in [5.41, 5.74) is 1.42. The van der Waals surface area contributed by atoms with E-state index in [-0.39, 0.29) is 5.54 Å². The molecule has 2 heterocycles. The molecular formula is C17H30N4. The zero-order valence-corrected chi connectivity index (χ0v) is 14.2. The first kappa shape index (κ1) is 16.2. The van der Waals surface area contributed by atoms with E-state index in [1.807, 2.05) is 12.3 Å². The van der Waals surface area contributed by atoms with E-state index in [2.05, 4.69) is 60.9 Å². The Bertz CT molecular complexity index is 452. The zero-order valence-electron chi connectivity index (χ0n) is 14.2. The van der Waals surface area contributed by atoms with E-state index >= 15 is 0 Å². The van der Waals surface area contributed by atoms with Crippen LogP contribution in [0.4, 0.5) is 5.82 Å². The number of aromatic nitrogens is 1. The van der Waals surface area contributed by atoms with Crippen LogP contribution < -0.4 is 10.2 Å². The van der Waals surface area contributed by atoms with Crippen molar-refractivity contribution >= 4 is 5.82 Å². The lowest BCUT2D eigenvalue weighted by Crippen LogP contribution is -2.40. The maximum absolute atomic E-state index is 4.69. The first-order valence-electron chi connectivity index (χ1n) is 8.01. The first-order chi connectivity index (χ1) is 9.87. The number of hydrogen-bond acceptors (Lipinski definition) is 4. The molecule has 1 aromatic rings. The largest absolute Gasteiger partial charge is 0.352 e. The Balaban J connectivity index is 2.18. The van der Waals surface area contributed by atoms with Crippen LogP contribution in [-0.4, -0.2) is 48.1 Å². The summed E-state index contributed by atoms with van der Waals surface area (Å²) < 4.78 is 0. The average molecular weight is 290 g/mol. The van der Waals surface area contributed by atoms with Crippen LogP contribution in [0.1, 0.15) is 39.7 Å². The van der Waals surface area contributed by atoms with E-state index < -0.39 is 0 Å². The smallest absolute Gasteiger partial charge is 0.133 e. The Labute approximate surface area is 129 Å². The Kier molecular flexibility index (Phi) is 5.22. The number of nitrogens with one attached hydrogen (secondary N) is 1. The van der Waals surface area contributed by atoms with Crippen LogP contribution in [0.5, 0.6) is 0 Å². The summed E-state index contributed by atoms with van der Waals surface area (Å²) in [7, 11) is 2.21. The van der Waals surface area contributed by atoms with Crippen LogP contribution in [0, 0.1) is 0 Å². The molecule has 1 aliphatic rings. The fraction of sp³-hybridized carbons (Fsp3) is 0.706. The summed E-state index contributed by atoms with van der Waals surface area (Å²) >= 11 is 0. The summed E-state index contributed by atoms with van der Waals surface area (Å²) in [4.78, 5) is 9.58. The molecule has 1 N–H and O–H groups in total. The molecule has 0 amide bonds. The molecule has 1 fully saturated rings. The predicted molar refractivity (Wildman–Crippen MR) is 89.8 cm³/mol. The van der Waals surface area contributed by atoms with E-state index in [4.69, 9.17) is 0 Å². The number of anilines is 1. The van der Waals surface area contributed by atoms with Gasteiger partial charge in [-0.15, -0.1) is 0 Å². The molecule has 2 rings (SSSR count). The Morgan fingerprint density at radius 1 is 1.33 bits per heavy atom. The van der Waals surface area contributed by atoms with E-state index in [1.54, 1.807) is 0 Å². The lowest BCUT2D eigenvalue weighted by atomic mass is 10.1. The summed E-state index contributed by atoms with van der Waals surface area (Å²) in [5.74, 6) is 1.15. The number of nitrogens with zero attached hydrogens (tertiary/aromatic N) is 3. The van der Waals surface area contributed by atoms with Crippen molar-refractivity contribution in [3.05, 3.63) is 23.9 Å². The SMILES string of the molecule is CC1CN(C)CCCN1c1ncccc1CNC(C)(C)C. The quantitative estimate of drug-likeness (QED) is 0.927. The maximum atomic E-state index is 4.69. The molecule has 118 valence electrons. The highest BCUT2D eigenvalue weighted by molar-refractivity contribution is 5.48. The van der Waals surface area contributed by atoms with Gasteiger partial charge < -0.3 is 15.1 Å². The fourth-order valence-corrected chi connectivity index (χ4v) is 2.87. The topological polar surface area (TPSA) is 31.4 Å². The second-order valence-electron chi connectivity index (χ2n) is 7.25. The van der Waals surface area contributed by atoms with Gasteiger partial charge in [0.2, 0.25) is 0 Å². The van der Waals surface area contributed by atoms with Crippen LogP contribution in [-0.2, 0) is 6.54 Å². The van der Waals surface area contributed by atoms with Crippen molar-refractivity contribution < 1.29 is 0 Å². The maximum Gasteiger partial charge on any atom is 0.133 e. The van der Waals surface area contributed by atoms with Crippen molar-refractivity contribution in [2.24, 2.45) is 0 Å². The van der Waals surface area contributed by atoms with Gasteiger partial charge in [-0.3, -0.25) is 0 Å². The van der Waals surface area contributed by atoms with E-state index in [9.17, 15) is 0 Å². The average Bonchev–Trinajstić information content (AvgIpc) is 2.56. The fourth-order valence-electron chi connectivity index (χ4n) is 2.87. The molecule has 4 heteroatoms. The third-order valence-corrected chi connectivity index (χ3v) is 4.00. The van der Waals surface area contributed by atoms with Gasteiger partial charge in [-0.25, -0.2) is 4.98 Å². The molecule has 21 heavy (non-hydrogen) atoms. The molecule has 0 spiro atoms. The Hall–Kier alpha value is -1.13. The molecule has 1 saturated heterocycles. The highest BCUT2D eigenvalue weighted by Crippen LogP contribution is 2.22. The highest BCUT2D eigenvalue weighted by Gasteiger charge is 2.23. The van der Waals surface area contributed by atoms with Crippen molar-refractivity contribution in [2.45, 2.75) is 52.2 Å². The standard InChI is InChI=1S/C17H30N4/c1-14-13-20(5)10-7-11-21(14)16-15(8-6-9-18-16)12-19-17(2,3)4/h6,8-9,14,19H,7,10-13H2,1-5H3. The third-order valence-electron chi connectivity index (χ3n) is 4.00. The molecule has 0 aromatic carbocycles. The molecule has 1 aliphatic heterocycles. The highest BCUT2D eigenvalue weighted by atomic mass is 15.3.